The molecule has 2 N–H and O–H groups in total. The minimum atomic E-state index is -2.99. The Morgan fingerprint density at radius 3 is 2.68 bits per heavy atom. The second-order valence-corrected chi connectivity index (χ2v) is 7.46. The molecule has 0 spiro atoms. The Morgan fingerprint density at radius 1 is 1.29 bits per heavy atom. The normalized spacial score (nSPS) is 12.4. The van der Waals surface area contributed by atoms with Crippen LogP contribution in [-0.4, -0.2) is 50.8 Å². The van der Waals surface area contributed by atoms with Crippen LogP contribution in [0.2, 0.25) is 0 Å². The summed E-state index contributed by atoms with van der Waals surface area (Å²) in [5.74, 6) is 0.958. The molecule has 1 aliphatic heterocycles. The van der Waals surface area contributed by atoms with Crippen molar-refractivity contribution in [1.82, 2.24) is 15.5 Å². The molecule has 2 heterocycles. The summed E-state index contributed by atoms with van der Waals surface area (Å²) in [5.41, 5.74) is 0.399. The Labute approximate surface area is 199 Å². The Balaban J connectivity index is 0.00000341. The zero-order valence-corrected chi connectivity index (χ0v) is 20.0. The number of carbonyl (C=O) groups excluding carboxylic acids is 1. The molecule has 1 amide bonds. The summed E-state index contributed by atoms with van der Waals surface area (Å²) in [6.07, 6.45) is 0. The van der Waals surface area contributed by atoms with E-state index in [4.69, 9.17) is 9.47 Å². The van der Waals surface area contributed by atoms with Crippen molar-refractivity contribution in [2.75, 3.05) is 27.4 Å². The fourth-order valence-electron chi connectivity index (χ4n) is 2.53. The van der Waals surface area contributed by atoms with Crippen LogP contribution in [0.4, 0.5) is 8.78 Å². The molecule has 8 nitrogen and oxygen atoms in total. The van der Waals surface area contributed by atoms with Crippen LogP contribution in [0.15, 0.2) is 34.6 Å². The van der Waals surface area contributed by atoms with Crippen LogP contribution in [0.1, 0.15) is 10.4 Å². The molecule has 0 atom stereocenters. The van der Waals surface area contributed by atoms with Gasteiger partial charge in [0.2, 0.25) is 12.7 Å². The van der Waals surface area contributed by atoms with Crippen LogP contribution in [0.5, 0.6) is 17.2 Å². The minimum Gasteiger partial charge on any atom is -0.454 e. The fourth-order valence-corrected chi connectivity index (χ4v) is 3.18. The number of carbonyl (C=O) groups is 1. The zero-order chi connectivity index (χ0) is 21.5. The van der Waals surface area contributed by atoms with Gasteiger partial charge in [0.25, 0.3) is 0 Å². The standard InChI is InChI=1S/C19H22F2N4O4S.HI/c1-25(2)17(26)10-24-19(23-9-13-4-3-5-30-13)22-8-12-6-15-16(28-11-27-15)7-14(12)29-18(20)21;/h3-7,18H,8-11H2,1-2H3,(H2,22,23,24);1H. The predicted molar refractivity (Wildman–Crippen MR) is 124 cm³/mol. The number of hydrogen-bond donors (Lipinski definition) is 2. The number of nitrogens with one attached hydrogen (secondary N) is 2. The first-order valence-corrected chi connectivity index (χ1v) is 9.92. The smallest absolute Gasteiger partial charge is 0.387 e. The molecule has 170 valence electrons. The Morgan fingerprint density at radius 2 is 2.03 bits per heavy atom. The maximum absolute atomic E-state index is 12.8. The van der Waals surface area contributed by atoms with Crippen molar-refractivity contribution in [2.24, 2.45) is 4.99 Å². The molecule has 2 aromatic rings. The second-order valence-electron chi connectivity index (χ2n) is 6.43. The number of halogens is 3. The van der Waals surface area contributed by atoms with Crippen molar-refractivity contribution in [1.29, 1.82) is 0 Å². The minimum absolute atomic E-state index is 0. The van der Waals surface area contributed by atoms with E-state index in [0.717, 1.165) is 4.88 Å². The summed E-state index contributed by atoms with van der Waals surface area (Å²) in [7, 11) is 3.31. The van der Waals surface area contributed by atoms with Gasteiger partial charge in [0.1, 0.15) is 5.75 Å². The number of thiophene rings is 1. The van der Waals surface area contributed by atoms with E-state index in [2.05, 4.69) is 20.4 Å². The van der Waals surface area contributed by atoms with E-state index in [1.165, 1.54) is 11.0 Å². The van der Waals surface area contributed by atoms with Crippen molar-refractivity contribution in [3.05, 3.63) is 40.1 Å². The number of rotatable bonds is 8. The van der Waals surface area contributed by atoms with E-state index in [-0.39, 0.29) is 55.5 Å². The topological polar surface area (TPSA) is 84.4 Å². The molecule has 1 aromatic carbocycles. The van der Waals surface area contributed by atoms with Crippen molar-refractivity contribution < 1.29 is 27.8 Å². The molecule has 0 radical (unpaired) electrons. The van der Waals surface area contributed by atoms with Gasteiger partial charge in [0.05, 0.1) is 19.6 Å². The third-order valence-corrected chi connectivity index (χ3v) is 4.97. The molecule has 31 heavy (non-hydrogen) atoms. The van der Waals surface area contributed by atoms with Crippen LogP contribution in [0, 0.1) is 0 Å². The van der Waals surface area contributed by atoms with E-state index < -0.39 is 6.61 Å². The fraction of sp³-hybridized carbons (Fsp3) is 0.368. The zero-order valence-electron chi connectivity index (χ0n) is 16.9. The number of benzene rings is 1. The number of amides is 1. The number of guanidine groups is 1. The quantitative estimate of drug-likeness (QED) is 0.290. The van der Waals surface area contributed by atoms with Gasteiger partial charge in [0, 0.05) is 30.6 Å². The molecule has 1 aliphatic rings. The van der Waals surface area contributed by atoms with Gasteiger partial charge in [-0.05, 0) is 17.5 Å². The number of alkyl halides is 2. The van der Waals surface area contributed by atoms with Gasteiger partial charge in [-0.3, -0.25) is 4.79 Å². The van der Waals surface area contributed by atoms with Crippen molar-refractivity contribution in [3.63, 3.8) is 0 Å². The summed E-state index contributed by atoms with van der Waals surface area (Å²) in [6, 6.07) is 6.82. The predicted octanol–water partition coefficient (Wildman–Crippen LogP) is 3.02. The third kappa shape index (κ3) is 7.38. The summed E-state index contributed by atoms with van der Waals surface area (Å²) in [6.45, 7) is -2.42. The van der Waals surface area contributed by atoms with Crippen LogP contribution < -0.4 is 24.8 Å². The van der Waals surface area contributed by atoms with Gasteiger partial charge in [-0.15, -0.1) is 35.3 Å². The highest BCUT2D eigenvalue weighted by atomic mass is 127. The second kappa shape index (κ2) is 11.9. The lowest BCUT2D eigenvalue weighted by molar-refractivity contribution is -0.127. The van der Waals surface area contributed by atoms with Crippen LogP contribution in [0.3, 0.4) is 0 Å². The molecule has 0 fully saturated rings. The highest BCUT2D eigenvalue weighted by Gasteiger charge is 2.20. The number of aliphatic imine (C=N–C) groups is 1. The monoisotopic (exact) mass is 568 g/mol. The van der Waals surface area contributed by atoms with Crippen molar-refractivity contribution in [3.8, 4) is 17.2 Å². The van der Waals surface area contributed by atoms with Crippen molar-refractivity contribution in [2.45, 2.75) is 19.7 Å². The van der Waals surface area contributed by atoms with Crippen LogP contribution >= 0.6 is 35.3 Å². The molecule has 0 aliphatic carbocycles. The van der Waals surface area contributed by atoms with E-state index in [1.54, 1.807) is 31.5 Å². The average Bonchev–Trinajstić information content (AvgIpc) is 3.37. The third-order valence-electron chi connectivity index (χ3n) is 4.10. The lowest BCUT2D eigenvalue weighted by Crippen LogP contribution is -2.42. The number of fused-ring (bicyclic) bond motifs is 1. The Kier molecular flexibility index (Phi) is 9.55. The molecule has 1 aromatic heterocycles. The van der Waals surface area contributed by atoms with Gasteiger partial charge in [-0.2, -0.15) is 8.78 Å². The lowest BCUT2D eigenvalue weighted by Gasteiger charge is -2.15. The van der Waals surface area contributed by atoms with Gasteiger partial charge >= 0.3 is 6.61 Å². The SMILES string of the molecule is CN(C)C(=O)CNC(=NCc1cc2c(cc1OC(F)F)OCO2)NCc1cccs1.I. The molecule has 12 heteroatoms. The van der Waals surface area contributed by atoms with E-state index in [9.17, 15) is 13.6 Å². The van der Waals surface area contributed by atoms with Gasteiger partial charge < -0.3 is 29.7 Å². The Bertz CT molecular complexity index is 897. The number of nitrogens with zero attached hydrogens (tertiary/aromatic N) is 2. The summed E-state index contributed by atoms with van der Waals surface area (Å²) in [4.78, 5) is 18.9. The van der Waals surface area contributed by atoms with E-state index in [0.29, 0.717) is 29.6 Å². The first kappa shape index (κ1) is 24.9. The first-order valence-electron chi connectivity index (χ1n) is 9.04. The van der Waals surface area contributed by atoms with E-state index in [1.807, 2.05) is 17.5 Å². The highest BCUT2D eigenvalue weighted by molar-refractivity contribution is 14.0. The van der Waals surface area contributed by atoms with Crippen molar-refractivity contribution >= 4 is 47.2 Å². The molecular weight excluding hydrogens is 545 g/mol. The molecule has 3 rings (SSSR count). The summed E-state index contributed by atoms with van der Waals surface area (Å²) < 4.78 is 40.8. The molecule has 0 unspecified atom stereocenters. The van der Waals surface area contributed by atoms with Crippen LogP contribution in [0.25, 0.3) is 0 Å². The van der Waals surface area contributed by atoms with Gasteiger partial charge in [-0.1, -0.05) is 6.07 Å². The Hall–Kier alpha value is -2.35. The molecule has 0 bridgehead atoms. The van der Waals surface area contributed by atoms with Gasteiger partial charge in [-0.25, -0.2) is 4.99 Å². The number of ether oxygens (including phenoxy) is 3. The van der Waals surface area contributed by atoms with E-state index >= 15 is 0 Å². The average molecular weight is 568 g/mol. The number of likely N-dealkylation sites (N-methyl/N-ethyl adjacent to an activating group) is 1. The number of hydrogen-bond acceptors (Lipinski definition) is 6. The summed E-state index contributed by atoms with van der Waals surface area (Å²) in [5, 5.41) is 8.04. The van der Waals surface area contributed by atoms with Crippen LogP contribution in [-0.2, 0) is 17.9 Å². The maximum atomic E-state index is 12.8. The lowest BCUT2D eigenvalue weighted by atomic mass is 10.1. The summed E-state index contributed by atoms with van der Waals surface area (Å²) >= 11 is 1.58. The molecule has 0 saturated heterocycles. The molecule has 0 saturated carbocycles. The highest BCUT2D eigenvalue weighted by Crippen LogP contribution is 2.39. The first-order chi connectivity index (χ1) is 14.4. The largest absolute Gasteiger partial charge is 0.454 e. The molecular formula is C19H23F2IN4O4S. The maximum Gasteiger partial charge on any atom is 0.387 e. The van der Waals surface area contributed by atoms with Gasteiger partial charge in [0.15, 0.2) is 17.5 Å².